The van der Waals surface area contributed by atoms with Crippen molar-refractivity contribution in [2.45, 2.75) is 13.0 Å². The van der Waals surface area contributed by atoms with Crippen LogP contribution in [-0.4, -0.2) is 32.7 Å². The molecule has 0 aliphatic carbocycles. The molecular formula is C15H21ClN2O2. The number of ether oxygens (including phenoxy) is 1. The number of amides is 1. The number of methoxy groups -OCH3 is 1. The summed E-state index contributed by atoms with van der Waals surface area (Å²) in [5.74, 6) is 0.566. The molecule has 1 saturated heterocycles. The molecule has 1 aliphatic rings. The highest BCUT2D eigenvalue weighted by Gasteiger charge is 2.28. The molecule has 1 fully saturated rings. The van der Waals surface area contributed by atoms with E-state index in [1.165, 1.54) is 0 Å². The SMILES string of the molecule is COC(CNC(=O)C(C)C1CNC1)c1cccc(Cl)c1. The number of hydrogen-bond acceptors (Lipinski definition) is 3. The maximum absolute atomic E-state index is 12.1. The lowest BCUT2D eigenvalue weighted by atomic mass is 9.88. The third-order valence-electron chi connectivity index (χ3n) is 3.90. The Morgan fingerprint density at radius 2 is 2.30 bits per heavy atom. The van der Waals surface area contributed by atoms with Gasteiger partial charge in [0, 0.05) is 24.6 Å². The number of nitrogens with one attached hydrogen (secondary N) is 2. The van der Waals surface area contributed by atoms with Gasteiger partial charge < -0.3 is 15.4 Å². The first-order chi connectivity index (χ1) is 9.61. The van der Waals surface area contributed by atoms with Crippen LogP contribution in [0.1, 0.15) is 18.6 Å². The predicted molar refractivity (Wildman–Crippen MR) is 79.7 cm³/mol. The summed E-state index contributed by atoms with van der Waals surface area (Å²) in [7, 11) is 1.64. The fourth-order valence-corrected chi connectivity index (χ4v) is 2.48. The van der Waals surface area contributed by atoms with Crippen LogP contribution in [-0.2, 0) is 9.53 Å². The number of rotatable bonds is 6. The van der Waals surface area contributed by atoms with Crippen molar-refractivity contribution in [3.63, 3.8) is 0 Å². The van der Waals surface area contributed by atoms with Gasteiger partial charge in [0.1, 0.15) is 0 Å². The molecule has 20 heavy (non-hydrogen) atoms. The largest absolute Gasteiger partial charge is 0.375 e. The third-order valence-corrected chi connectivity index (χ3v) is 4.14. The molecule has 110 valence electrons. The minimum atomic E-state index is -0.177. The maximum Gasteiger partial charge on any atom is 0.223 e. The van der Waals surface area contributed by atoms with Crippen LogP contribution < -0.4 is 10.6 Å². The van der Waals surface area contributed by atoms with E-state index < -0.39 is 0 Å². The maximum atomic E-state index is 12.1. The standard InChI is InChI=1S/C15H21ClN2O2/c1-10(12-7-17-8-12)15(19)18-9-14(20-2)11-4-3-5-13(16)6-11/h3-6,10,12,14,17H,7-9H2,1-2H3,(H,18,19). The van der Waals surface area contributed by atoms with E-state index in [1.54, 1.807) is 7.11 Å². The van der Waals surface area contributed by atoms with Crippen LogP contribution in [0.15, 0.2) is 24.3 Å². The van der Waals surface area contributed by atoms with E-state index in [0.29, 0.717) is 17.5 Å². The minimum absolute atomic E-state index is 0.0353. The molecule has 0 bridgehead atoms. The molecule has 1 heterocycles. The molecule has 2 atom stereocenters. The molecule has 0 saturated carbocycles. The summed E-state index contributed by atoms with van der Waals surface area (Å²) < 4.78 is 5.44. The van der Waals surface area contributed by atoms with Gasteiger partial charge >= 0.3 is 0 Å². The summed E-state index contributed by atoms with van der Waals surface area (Å²) in [4.78, 5) is 12.1. The van der Waals surface area contributed by atoms with E-state index in [-0.39, 0.29) is 17.9 Å². The molecule has 1 amide bonds. The van der Waals surface area contributed by atoms with Gasteiger partial charge in [-0.1, -0.05) is 30.7 Å². The van der Waals surface area contributed by atoms with Gasteiger partial charge in [0.2, 0.25) is 5.91 Å². The first-order valence-corrected chi connectivity index (χ1v) is 7.26. The Hall–Kier alpha value is -1.10. The molecule has 0 spiro atoms. The highest BCUT2D eigenvalue weighted by molar-refractivity contribution is 6.30. The first kappa shape index (κ1) is 15.3. The van der Waals surface area contributed by atoms with Crippen LogP contribution in [0.4, 0.5) is 0 Å². The Morgan fingerprint density at radius 3 is 2.85 bits per heavy atom. The Bertz CT molecular complexity index is 463. The average molecular weight is 297 g/mol. The molecule has 2 unspecified atom stereocenters. The van der Waals surface area contributed by atoms with Crippen LogP contribution >= 0.6 is 11.6 Å². The van der Waals surface area contributed by atoms with Crippen molar-refractivity contribution >= 4 is 17.5 Å². The molecular weight excluding hydrogens is 276 g/mol. The molecule has 4 nitrogen and oxygen atoms in total. The lowest BCUT2D eigenvalue weighted by Crippen LogP contribution is -2.50. The predicted octanol–water partition coefficient (Wildman–Crippen LogP) is 2.00. The zero-order valence-corrected chi connectivity index (χ0v) is 12.6. The van der Waals surface area contributed by atoms with E-state index in [1.807, 2.05) is 31.2 Å². The van der Waals surface area contributed by atoms with Gasteiger partial charge in [0.25, 0.3) is 0 Å². The molecule has 2 rings (SSSR count). The summed E-state index contributed by atoms with van der Waals surface area (Å²) in [5, 5.41) is 6.82. The van der Waals surface area contributed by atoms with Crippen molar-refractivity contribution in [3.05, 3.63) is 34.9 Å². The van der Waals surface area contributed by atoms with Crippen LogP contribution in [0, 0.1) is 11.8 Å². The fraction of sp³-hybridized carbons (Fsp3) is 0.533. The Labute approximate surface area is 124 Å². The summed E-state index contributed by atoms with van der Waals surface area (Å²) in [5.41, 5.74) is 0.971. The monoisotopic (exact) mass is 296 g/mol. The summed E-state index contributed by atoms with van der Waals surface area (Å²) in [6.07, 6.45) is -0.177. The van der Waals surface area contributed by atoms with E-state index in [9.17, 15) is 4.79 Å². The fourth-order valence-electron chi connectivity index (χ4n) is 2.28. The summed E-state index contributed by atoms with van der Waals surface area (Å²) in [6.45, 7) is 4.29. The van der Waals surface area contributed by atoms with Gasteiger partial charge in [-0.15, -0.1) is 0 Å². The molecule has 1 aromatic rings. The van der Waals surface area contributed by atoms with E-state index in [4.69, 9.17) is 16.3 Å². The van der Waals surface area contributed by atoms with E-state index in [2.05, 4.69) is 10.6 Å². The smallest absolute Gasteiger partial charge is 0.223 e. The number of hydrogen-bond donors (Lipinski definition) is 2. The van der Waals surface area contributed by atoms with Gasteiger partial charge in [-0.2, -0.15) is 0 Å². The second kappa shape index (κ2) is 7.07. The highest BCUT2D eigenvalue weighted by atomic mass is 35.5. The van der Waals surface area contributed by atoms with E-state index >= 15 is 0 Å². The van der Waals surface area contributed by atoms with Crippen molar-refractivity contribution in [2.75, 3.05) is 26.7 Å². The van der Waals surface area contributed by atoms with Crippen LogP contribution in [0.5, 0.6) is 0 Å². The second-order valence-electron chi connectivity index (χ2n) is 5.23. The molecule has 0 aromatic heterocycles. The van der Waals surface area contributed by atoms with Crippen LogP contribution in [0.3, 0.4) is 0 Å². The van der Waals surface area contributed by atoms with Gasteiger partial charge in [0.05, 0.1) is 6.10 Å². The number of carbonyl (C=O) groups excluding carboxylic acids is 1. The van der Waals surface area contributed by atoms with Gasteiger partial charge in [-0.3, -0.25) is 4.79 Å². The zero-order valence-electron chi connectivity index (χ0n) is 11.9. The topological polar surface area (TPSA) is 50.4 Å². The zero-order chi connectivity index (χ0) is 14.5. The Kier molecular flexibility index (Phi) is 5.40. The van der Waals surface area contributed by atoms with Crippen molar-refractivity contribution < 1.29 is 9.53 Å². The average Bonchev–Trinajstić information content (AvgIpc) is 2.37. The third kappa shape index (κ3) is 3.72. The normalized spacial score (nSPS) is 18.1. The molecule has 0 radical (unpaired) electrons. The van der Waals surface area contributed by atoms with Gasteiger partial charge in [0.15, 0.2) is 0 Å². The summed E-state index contributed by atoms with van der Waals surface area (Å²) >= 11 is 5.98. The Balaban J connectivity index is 1.88. The quantitative estimate of drug-likeness (QED) is 0.844. The summed E-state index contributed by atoms with van der Waals surface area (Å²) in [6, 6.07) is 7.52. The van der Waals surface area contributed by atoms with Crippen molar-refractivity contribution in [3.8, 4) is 0 Å². The van der Waals surface area contributed by atoms with Gasteiger partial charge in [-0.05, 0) is 36.7 Å². The van der Waals surface area contributed by atoms with Crippen LogP contribution in [0.25, 0.3) is 0 Å². The first-order valence-electron chi connectivity index (χ1n) is 6.88. The lowest BCUT2D eigenvalue weighted by Gasteiger charge is -2.32. The molecule has 2 N–H and O–H groups in total. The van der Waals surface area contributed by atoms with Crippen molar-refractivity contribution in [2.24, 2.45) is 11.8 Å². The van der Waals surface area contributed by atoms with Crippen LogP contribution in [0.2, 0.25) is 5.02 Å². The van der Waals surface area contributed by atoms with E-state index in [0.717, 1.165) is 18.7 Å². The number of benzene rings is 1. The Morgan fingerprint density at radius 1 is 1.55 bits per heavy atom. The van der Waals surface area contributed by atoms with Gasteiger partial charge in [-0.25, -0.2) is 0 Å². The second-order valence-corrected chi connectivity index (χ2v) is 5.67. The minimum Gasteiger partial charge on any atom is -0.375 e. The highest BCUT2D eigenvalue weighted by Crippen LogP contribution is 2.20. The molecule has 1 aliphatic heterocycles. The number of carbonyl (C=O) groups is 1. The van der Waals surface area contributed by atoms with Crippen molar-refractivity contribution in [1.29, 1.82) is 0 Å². The lowest BCUT2D eigenvalue weighted by molar-refractivity contribution is -0.127. The van der Waals surface area contributed by atoms with Crippen molar-refractivity contribution in [1.82, 2.24) is 10.6 Å². The molecule has 1 aromatic carbocycles. The number of halogens is 1. The molecule has 5 heteroatoms.